The minimum atomic E-state index is -0.207. The van der Waals surface area contributed by atoms with Crippen LogP contribution in [0.1, 0.15) is 36.2 Å². The highest BCUT2D eigenvalue weighted by Crippen LogP contribution is 2.26. The fourth-order valence-corrected chi connectivity index (χ4v) is 2.98. The Kier molecular flexibility index (Phi) is 5.31. The Morgan fingerprint density at radius 2 is 2.14 bits per heavy atom. The highest BCUT2D eigenvalue weighted by molar-refractivity contribution is 7.09. The summed E-state index contributed by atoms with van der Waals surface area (Å²) in [4.78, 5) is 6.49. The van der Waals surface area contributed by atoms with Crippen LogP contribution in [-0.2, 0) is 13.0 Å². The van der Waals surface area contributed by atoms with Crippen LogP contribution in [0.4, 0.5) is 10.1 Å². The molecular weight excluding hydrogens is 285 g/mol. The second-order valence-electron chi connectivity index (χ2n) is 5.29. The van der Waals surface area contributed by atoms with E-state index in [0.29, 0.717) is 0 Å². The van der Waals surface area contributed by atoms with Crippen LogP contribution >= 0.6 is 11.3 Å². The lowest BCUT2D eigenvalue weighted by Gasteiger charge is -2.22. The average molecular weight is 307 g/mol. The minimum absolute atomic E-state index is 0.134. The van der Waals surface area contributed by atoms with Gasteiger partial charge in [-0.2, -0.15) is 0 Å². The second kappa shape index (κ2) is 7.00. The van der Waals surface area contributed by atoms with Gasteiger partial charge >= 0.3 is 0 Å². The van der Waals surface area contributed by atoms with Crippen LogP contribution < -0.4 is 10.2 Å². The first-order valence-electron chi connectivity index (χ1n) is 7.14. The van der Waals surface area contributed by atoms with Gasteiger partial charge in [0, 0.05) is 37.7 Å². The molecule has 21 heavy (non-hydrogen) atoms. The number of benzene rings is 1. The van der Waals surface area contributed by atoms with Crippen LogP contribution in [0.3, 0.4) is 0 Å². The number of aromatic nitrogens is 1. The highest BCUT2D eigenvalue weighted by atomic mass is 32.1. The van der Waals surface area contributed by atoms with Crippen LogP contribution in [-0.4, -0.2) is 19.1 Å². The molecular formula is C16H22FN3S. The molecule has 0 unspecified atom stereocenters. The van der Waals surface area contributed by atoms with E-state index in [2.05, 4.69) is 29.5 Å². The van der Waals surface area contributed by atoms with Crippen molar-refractivity contribution in [3.63, 3.8) is 0 Å². The van der Waals surface area contributed by atoms with Gasteiger partial charge in [0.2, 0.25) is 0 Å². The molecule has 3 nitrogen and oxygen atoms in total. The molecule has 114 valence electrons. The van der Waals surface area contributed by atoms with Crippen molar-refractivity contribution >= 4 is 17.0 Å². The van der Waals surface area contributed by atoms with Crippen molar-refractivity contribution in [3.05, 3.63) is 45.7 Å². The quantitative estimate of drug-likeness (QED) is 0.880. The van der Waals surface area contributed by atoms with Crippen LogP contribution in [0.15, 0.2) is 23.6 Å². The number of anilines is 1. The molecule has 0 radical (unpaired) electrons. The molecule has 5 heteroatoms. The van der Waals surface area contributed by atoms with Crippen molar-refractivity contribution in [1.29, 1.82) is 0 Å². The van der Waals surface area contributed by atoms with Gasteiger partial charge in [-0.1, -0.05) is 13.0 Å². The molecule has 0 saturated heterocycles. The largest absolute Gasteiger partial charge is 0.377 e. The van der Waals surface area contributed by atoms with Crippen molar-refractivity contribution in [2.75, 3.05) is 19.0 Å². The van der Waals surface area contributed by atoms with Gasteiger partial charge in [0.1, 0.15) is 5.82 Å². The standard InChI is InChI=1S/C16H22FN3S/c1-5-16-19-13(10-21-16)9-18-11(2)14-7-6-12(17)8-15(14)20(3)4/h6-8,10-11,18H,5,9H2,1-4H3/t11-/m0/s1. The first-order valence-corrected chi connectivity index (χ1v) is 8.02. The summed E-state index contributed by atoms with van der Waals surface area (Å²) in [5.74, 6) is -0.207. The van der Waals surface area contributed by atoms with Crippen molar-refractivity contribution in [1.82, 2.24) is 10.3 Å². The smallest absolute Gasteiger partial charge is 0.125 e. The number of halogens is 1. The summed E-state index contributed by atoms with van der Waals surface area (Å²) in [7, 11) is 3.86. The van der Waals surface area contributed by atoms with Crippen molar-refractivity contribution in [3.8, 4) is 0 Å². The molecule has 1 atom stereocenters. The fraction of sp³-hybridized carbons (Fsp3) is 0.438. The number of thiazole rings is 1. The first-order chi connectivity index (χ1) is 10.0. The van der Waals surface area contributed by atoms with Gasteiger partial charge in [-0.05, 0) is 31.0 Å². The van der Waals surface area contributed by atoms with Crippen molar-refractivity contribution < 1.29 is 4.39 Å². The maximum atomic E-state index is 13.4. The molecule has 2 aromatic rings. The molecule has 0 saturated carbocycles. The van der Waals surface area contributed by atoms with Gasteiger partial charge in [0.15, 0.2) is 0 Å². The van der Waals surface area contributed by atoms with Crippen LogP contribution in [0.5, 0.6) is 0 Å². The van der Waals surface area contributed by atoms with Gasteiger partial charge in [-0.25, -0.2) is 9.37 Å². The Labute approximate surface area is 129 Å². The summed E-state index contributed by atoms with van der Waals surface area (Å²) >= 11 is 1.70. The number of hydrogen-bond donors (Lipinski definition) is 1. The Morgan fingerprint density at radius 1 is 1.38 bits per heavy atom. The van der Waals surface area contributed by atoms with E-state index in [1.165, 1.54) is 6.07 Å². The lowest BCUT2D eigenvalue weighted by molar-refractivity contribution is 0.565. The SMILES string of the molecule is CCc1nc(CN[C@@H](C)c2ccc(F)cc2N(C)C)cs1. The predicted octanol–water partition coefficient (Wildman–Crippen LogP) is 3.76. The number of nitrogens with one attached hydrogen (secondary N) is 1. The Balaban J connectivity index is 2.07. The van der Waals surface area contributed by atoms with E-state index < -0.39 is 0 Å². The predicted molar refractivity (Wildman–Crippen MR) is 87.5 cm³/mol. The molecule has 0 fully saturated rings. The molecule has 1 aromatic carbocycles. The highest BCUT2D eigenvalue weighted by Gasteiger charge is 2.13. The molecule has 1 N–H and O–H groups in total. The van der Waals surface area contributed by atoms with E-state index in [1.807, 2.05) is 25.1 Å². The number of nitrogens with zero attached hydrogens (tertiary/aromatic N) is 2. The second-order valence-corrected chi connectivity index (χ2v) is 6.23. The summed E-state index contributed by atoms with van der Waals surface area (Å²) < 4.78 is 13.4. The van der Waals surface area contributed by atoms with Gasteiger partial charge in [-0.3, -0.25) is 0 Å². The minimum Gasteiger partial charge on any atom is -0.377 e. The van der Waals surface area contributed by atoms with Gasteiger partial charge in [0.05, 0.1) is 10.7 Å². The fourth-order valence-electron chi connectivity index (χ4n) is 2.23. The lowest BCUT2D eigenvalue weighted by atomic mass is 10.1. The van der Waals surface area contributed by atoms with E-state index in [0.717, 1.165) is 34.9 Å². The Hall–Kier alpha value is -1.46. The zero-order chi connectivity index (χ0) is 15.4. The Morgan fingerprint density at radius 3 is 2.76 bits per heavy atom. The summed E-state index contributed by atoms with van der Waals surface area (Å²) in [5.41, 5.74) is 3.06. The molecule has 0 spiro atoms. The Bertz CT molecular complexity index is 595. The molecule has 0 aliphatic rings. The third kappa shape index (κ3) is 4.02. The summed E-state index contributed by atoms with van der Waals surface area (Å²) in [5, 5.41) is 6.72. The zero-order valence-electron chi connectivity index (χ0n) is 13.0. The van der Waals surface area contributed by atoms with E-state index in [4.69, 9.17) is 0 Å². The van der Waals surface area contributed by atoms with Gasteiger partial charge in [-0.15, -0.1) is 11.3 Å². The zero-order valence-corrected chi connectivity index (χ0v) is 13.8. The van der Waals surface area contributed by atoms with Crippen LogP contribution in [0.25, 0.3) is 0 Å². The van der Waals surface area contributed by atoms with Gasteiger partial charge < -0.3 is 10.2 Å². The van der Waals surface area contributed by atoms with E-state index in [1.54, 1.807) is 17.4 Å². The first kappa shape index (κ1) is 15.9. The van der Waals surface area contributed by atoms with E-state index in [-0.39, 0.29) is 11.9 Å². The molecule has 1 aromatic heterocycles. The van der Waals surface area contributed by atoms with Crippen LogP contribution in [0, 0.1) is 5.82 Å². The molecule has 0 aliphatic heterocycles. The van der Waals surface area contributed by atoms with Gasteiger partial charge in [0.25, 0.3) is 0 Å². The van der Waals surface area contributed by atoms with E-state index >= 15 is 0 Å². The average Bonchev–Trinajstić information content (AvgIpc) is 2.92. The summed E-state index contributed by atoms with van der Waals surface area (Å²) in [6.07, 6.45) is 0.975. The molecule has 0 bridgehead atoms. The van der Waals surface area contributed by atoms with E-state index in [9.17, 15) is 4.39 Å². The molecule has 0 aliphatic carbocycles. The topological polar surface area (TPSA) is 28.2 Å². The molecule has 1 heterocycles. The normalized spacial score (nSPS) is 12.4. The van der Waals surface area contributed by atoms with Crippen molar-refractivity contribution in [2.24, 2.45) is 0 Å². The summed E-state index contributed by atoms with van der Waals surface area (Å²) in [6, 6.07) is 5.07. The van der Waals surface area contributed by atoms with Crippen molar-refractivity contribution in [2.45, 2.75) is 32.9 Å². The summed E-state index contributed by atoms with van der Waals surface area (Å²) in [6.45, 7) is 4.93. The maximum Gasteiger partial charge on any atom is 0.125 e. The third-order valence-electron chi connectivity index (χ3n) is 3.43. The number of aryl methyl sites for hydroxylation is 1. The number of rotatable bonds is 6. The van der Waals surface area contributed by atoms with Crippen LogP contribution in [0.2, 0.25) is 0 Å². The monoisotopic (exact) mass is 307 g/mol. The maximum absolute atomic E-state index is 13.4. The molecule has 2 rings (SSSR count). The molecule has 0 amide bonds. The lowest BCUT2D eigenvalue weighted by Crippen LogP contribution is -2.21. The number of hydrogen-bond acceptors (Lipinski definition) is 4. The third-order valence-corrected chi connectivity index (χ3v) is 4.47.